The topological polar surface area (TPSA) is 65.0 Å². The average molecular weight is 240 g/mol. The van der Waals surface area contributed by atoms with Gasteiger partial charge in [-0.2, -0.15) is 0 Å². The summed E-state index contributed by atoms with van der Waals surface area (Å²) in [5.74, 6) is 0.432. The van der Waals surface area contributed by atoms with Gasteiger partial charge in [-0.25, -0.2) is 4.79 Å². The van der Waals surface area contributed by atoms with Gasteiger partial charge in [-0.05, 0) is 24.6 Å². The van der Waals surface area contributed by atoms with Crippen molar-refractivity contribution in [3.8, 4) is 11.5 Å². The quantitative estimate of drug-likeness (QED) is 0.786. The van der Waals surface area contributed by atoms with Gasteiger partial charge in [-0.15, -0.1) is 0 Å². The lowest BCUT2D eigenvalue weighted by atomic mass is 10.1. The molecule has 0 aliphatic carbocycles. The van der Waals surface area contributed by atoms with Gasteiger partial charge in [-0.3, -0.25) is 0 Å². The summed E-state index contributed by atoms with van der Waals surface area (Å²) >= 11 is 0. The minimum absolute atomic E-state index is 0.180. The second-order valence-electron chi connectivity index (χ2n) is 3.45. The molecule has 0 unspecified atom stereocenters. The molecule has 0 heterocycles. The van der Waals surface area contributed by atoms with E-state index in [4.69, 9.17) is 9.47 Å². The van der Waals surface area contributed by atoms with Gasteiger partial charge in [0.1, 0.15) is 0 Å². The number of methoxy groups -OCH3 is 2. The highest BCUT2D eigenvalue weighted by atomic mass is 16.6. The maximum absolute atomic E-state index is 10.9. The predicted molar refractivity (Wildman–Crippen MR) is 61.1 cm³/mol. The summed E-state index contributed by atoms with van der Waals surface area (Å²) in [6.45, 7) is 1.48. The van der Waals surface area contributed by atoms with E-state index in [-0.39, 0.29) is 6.61 Å². The number of carbonyl (C=O) groups excluding carboxylic acids is 1. The van der Waals surface area contributed by atoms with E-state index in [0.29, 0.717) is 17.1 Å². The highest BCUT2D eigenvalue weighted by Crippen LogP contribution is 2.30. The molecule has 1 atom stereocenters. The number of carbonyl (C=O) groups is 1. The van der Waals surface area contributed by atoms with E-state index in [1.165, 1.54) is 14.2 Å². The lowest BCUT2D eigenvalue weighted by molar-refractivity contribution is -0.142. The van der Waals surface area contributed by atoms with Crippen molar-refractivity contribution in [1.82, 2.24) is 0 Å². The van der Waals surface area contributed by atoms with Crippen LogP contribution in [0, 0.1) is 0 Å². The number of hydrogen-bond acceptors (Lipinski definition) is 5. The van der Waals surface area contributed by atoms with Crippen molar-refractivity contribution in [2.75, 3.05) is 20.8 Å². The molecule has 0 aromatic heterocycles. The lowest BCUT2D eigenvalue weighted by Gasteiger charge is -2.12. The summed E-state index contributed by atoms with van der Waals surface area (Å²) in [4.78, 5) is 10.9. The molecule has 0 spiro atoms. The fourth-order valence-corrected chi connectivity index (χ4v) is 1.26. The van der Waals surface area contributed by atoms with E-state index in [0.717, 1.165) is 0 Å². The fourth-order valence-electron chi connectivity index (χ4n) is 1.26. The summed E-state index contributed by atoms with van der Waals surface area (Å²) in [5.41, 5.74) is 0.715. The van der Waals surface area contributed by atoms with Crippen molar-refractivity contribution in [2.45, 2.75) is 13.0 Å². The first-order valence-corrected chi connectivity index (χ1v) is 5.14. The van der Waals surface area contributed by atoms with Gasteiger partial charge in [0, 0.05) is 0 Å². The minimum atomic E-state index is -0.585. The van der Waals surface area contributed by atoms with Crippen LogP contribution in [0.4, 0.5) is 0 Å². The standard InChI is InChI=1S/C12H16O5/c1-8(13)9-4-5-10(11(6-9)15-2)17-7-12(14)16-3/h4-6,8,13H,7H2,1-3H3/t8-/m1/s1. The molecule has 0 saturated heterocycles. The second kappa shape index (κ2) is 6.10. The first-order valence-electron chi connectivity index (χ1n) is 5.14. The number of aliphatic hydroxyl groups is 1. The Balaban J connectivity index is 2.81. The maximum atomic E-state index is 10.9. The zero-order chi connectivity index (χ0) is 12.8. The lowest BCUT2D eigenvalue weighted by Crippen LogP contribution is -2.13. The van der Waals surface area contributed by atoms with Gasteiger partial charge < -0.3 is 19.3 Å². The van der Waals surface area contributed by atoms with E-state index < -0.39 is 12.1 Å². The molecular formula is C12H16O5. The number of rotatable bonds is 5. The zero-order valence-electron chi connectivity index (χ0n) is 10.1. The molecule has 5 heteroatoms. The molecule has 0 amide bonds. The molecule has 17 heavy (non-hydrogen) atoms. The van der Waals surface area contributed by atoms with Crippen molar-refractivity contribution in [1.29, 1.82) is 0 Å². The highest BCUT2D eigenvalue weighted by molar-refractivity contribution is 5.71. The number of aliphatic hydroxyl groups excluding tert-OH is 1. The number of ether oxygens (including phenoxy) is 3. The van der Waals surface area contributed by atoms with Crippen LogP contribution in [0.5, 0.6) is 11.5 Å². The van der Waals surface area contributed by atoms with Crippen LogP contribution in [0.25, 0.3) is 0 Å². The van der Waals surface area contributed by atoms with Gasteiger partial charge in [0.2, 0.25) is 0 Å². The van der Waals surface area contributed by atoms with Crippen LogP contribution in [0.2, 0.25) is 0 Å². The van der Waals surface area contributed by atoms with Gasteiger partial charge in [0.05, 0.1) is 20.3 Å². The smallest absolute Gasteiger partial charge is 0.343 e. The molecule has 94 valence electrons. The monoisotopic (exact) mass is 240 g/mol. The first kappa shape index (κ1) is 13.3. The average Bonchev–Trinajstić information content (AvgIpc) is 2.35. The minimum Gasteiger partial charge on any atom is -0.493 e. The number of esters is 1. The first-order chi connectivity index (χ1) is 8.08. The number of benzene rings is 1. The molecule has 1 aromatic carbocycles. The Morgan fingerprint density at radius 3 is 2.59 bits per heavy atom. The zero-order valence-corrected chi connectivity index (χ0v) is 10.1. The fraction of sp³-hybridized carbons (Fsp3) is 0.417. The molecular weight excluding hydrogens is 224 g/mol. The number of hydrogen-bond donors (Lipinski definition) is 1. The van der Waals surface area contributed by atoms with Crippen LogP contribution in [-0.2, 0) is 9.53 Å². The van der Waals surface area contributed by atoms with E-state index in [2.05, 4.69) is 4.74 Å². The molecule has 0 radical (unpaired) electrons. The Kier molecular flexibility index (Phi) is 4.78. The van der Waals surface area contributed by atoms with Crippen LogP contribution in [0.3, 0.4) is 0 Å². The molecule has 1 N–H and O–H groups in total. The Hall–Kier alpha value is -1.75. The van der Waals surface area contributed by atoms with Crippen LogP contribution >= 0.6 is 0 Å². The molecule has 0 saturated carbocycles. The summed E-state index contributed by atoms with van der Waals surface area (Å²) < 4.78 is 14.8. The van der Waals surface area contributed by atoms with Crippen molar-refractivity contribution in [2.24, 2.45) is 0 Å². The normalized spacial score (nSPS) is 11.8. The van der Waals surface area contributed by atoms with Crippen molar-refractivity contribution in [3.63, 3.8) is 0 Å². The molecule has 0 fully saturated rings. The van der Waals surface area contributed by atoms with E-state index in [1.54, 1.807) is 25.1 Å². The van der Waals surface area contributed by atoms with Gasteiger partial charge >= 0.3 is 5.97 Å². The Morgan fingerprint density at radius 2 is 2.06 bits per heavy atom. The largest absolute Gasteiger partial charge is 0.493 e. The summed E-state index contributed by atoms with van der Waals surface area (Å²) in [6.07, 6.45) is -0.585. The molecule has 0 aliphatic rings. The van der Waals surface area contributed by atoms with Gasteiger partial charge in [-0.1, -0.05) is 6.07 Å². The van der Waals surface area contributed by atoms with Crippen LogP contribution in [0.15, 0.2) is 18.2 Å². The van der Waals surface area contributed by atoms with Crippen molar-refractivity contribution >= 4 is 5.97 Å². The van der Waals surface area contributed by atoms with Crippen LogP contribution in [0.1, 0.15) is 18.6 Å². The molecule has 5 nitrogen and oxygen atoms in total. The Bertz CT molecular complexity index is 386. The third-order valence-electron chi connectivity index (χ3n) is 2.24. The maximum Gasteiger partial charge on any atom is 0.343 e. The van der Waals surface area contributed by atoms with E-state index in [1.807, 2.05) is 0 Å². The Labute approximate surface area is 99.9 Å². The summed E-state index contributed by atoms with van der Waals surface area (Å²) in [6, 6.07) is 5.01. The van der Waals surface area contributed by atoms with E-state index >= 15 is 0 Å². The second-order valence-corrected chi connectivity index (χ2v) is 3.45. The Morgan fingerprint density at radius 1 is 1.35 bits per heavy atom. The van der Waals surface area contributed by atoms with Crippen LogP contribution < -0.4 is 9.47 Å². The van der Waals surface area contributed by atoms with Crippen molar-refractivity contribution in [3.05, 3.63) is 23.8 Å². The van der Waals surface area contributed by atoms with Crippen LogP contribution in [-0.4, -0.2) is 31.9 Å². The SMILES string of the molecule is COC(=O)COc1ccc([C@@H](C)O)cc1OC. The highest BCUT2D eigenvalue weighted by Gasteiger charge is 2.10. The molecule has 0 aliphatic heterocycles. The van der Waals surface area contributed by atoms with Crippen molar-refractivity contribution < 1.29 is 24.1 Å². The molecule has 0 bridgehead atoms. The third-order valence-corrected chi connectivity index (χ3v) is 2.24. The predicted octanol–water partition coefficient (Wildman–Crippen LogP) is 1.30. The molecule has 1 rings (SSSR count). The van der Waals surface area contributed by atoms with E-state index in [9.17, 15) is 9.90 Å². The summed E-state index contributed by atoms with van der Waals surface area (Å²) in [5, 5.41) is 9.42. The van der Waals surface area contributed by atoms with Gasteiger partial charge in [0.25, 0.3) is 0 Å². The van der Waals surface area contributed by atoms with Gasteiger partial charge in [0.15, 0.2) is 18.1 Å². The summed E-state index contributed by atoms with van der Waals surface area (Å²) in [7, 11) is 2.78. The molecule has 1 aromatic rings. The third kappa shape index (κ3) is 3.64.